The Morgan fingerprint density at radius 3 is 2.55 bits per heavy atom. The Balaban J connectivity index is 1.94. The van der Waals surface area contributed by atoms with E-state index >= 15 is 0 Å². The summed E-state index contributed by atoms with van der Waals surface area (Å²) in [6.07, 6.45) is 3.32. The Hall–Kier alpha value is -2.07. The Kier molecular flexibility index (Phi) is 3.47. The van der Waals surface area contributed by atoms with E-state index in [9.17, 15) is 4.39 Å². The quantitative estimate of drug-likeness (QED) is 0.648. The maximum Gasteiger partial charge on any atom is 0.250 e. The number of halogens is 1. The van der Waals surface area contributed by atoms with Crippen LogP contribution in [0.2, 0.25) is 0 Å². The molecule has 0 N–H and O–H groups in total. The van der Waals surface area contributed by atoms with Crippen molar-refractivity contribution in [3.63, 3.8) is 0 Å². The summed E-state index contributed by atoms with van der Waals surface area (Å²) in [5.41, 5.74) is 3.37. The number of thioether (sulfide) groups is 1. The molecule has 0 aliphatic carbocycles. The van der Waals surface area contributed by atoms with Crippen LogP contribution in [0.25, 0.3) is 16.9 Å². The predicted octanol–water partition coefficient (Wildman–Crippen LogP) is 4.07. The summed E-state index contributed by atoms with van der Waals surface area (Å²) in [4.78, 5) is 0. The Morgan fingerprint density at radius 1 is 1.00 bits per heavy atom. The number of hydrogen-bond acceptors (Lipinski definition) is 1. The third-order valence-electron chi connectivity index (χ3n) is 3.89. The Labute approximate surface area is 133 Å². The third-order valence-corrected chi connectivity index (χ3v) is 5.09. The van der Waals surface area contributed by atoms with Crippen molar-refractivity contribution in [2.75, 3.05) is 5.75 Å². The van der Waals surface area contributed by atoms with Crippen molar-refractivity contribution < 1.29 is 8.96 Å². The first-order valence-electron chi connectivity index (χ1n) is 7.42. The highest BCUT2D eigenvalue weighted by atomic mass is 32.2. The summed E-state index contributed by atoms with van der Waals surface area (Å²) in [7, 11) is 0. The number of nitrogens with zero attached hydrogens (tertiary/aromatic N) is 2. The van der Waals surface area contributed by atoms with Gasteiger partial charge in [0.2, 0.25) is 11.4 Å². The van der Waals surface area contributed by atoms with Gasteiger partial charge in [0.25, 0.3) is 0 Å². The largest absolute Gasteiger partial charge is 0.250 e. The minimum atomic E-state index is -0.205. The van der Waals surface area contributed by atoms with Crippen LogP contribution in [0.5, 0.6) is 0 Å². The van der Waals surface area contributed by atoms with Crippen LogP contribution in [0.15, 0.2) is 66.0 Å². The van der Waals surface area contributed by atoms with Gasteiger partial charge in [-0.05, 0) is 30.7 Å². The second-order valence-electron chi connectivity index (χ2n) is 5.38. The molecule has 2 aromatic carbocycles. The SMILES string of the molecule is Fc1ccc(-n2c[n+]3c(c2-c2ccccc2)SCCC3)cc1. The van der Waals surface area contributed by atoms with Crippen LogP contribution in [0.3, 0.4) is 0 Å². The molecule has 0 saturated carbocycles. The lowest BCUT2D eigenvalue weighted by molar-refractivity contribution is -0.732. The van der Waals surface area contributed by atoms with Gasteiger partial charge >= 0.3 is 0 Å². The van der Waals surface area contributed by atoms with Gasteiger partial charge in [-0.1, -0.05) is 42.1 Å². The first-order chi connectivity index (χ1) is 10.8. The molecule has 0 bridgehead atoms. The van der Waals surface area contributed by atoms with Crippen molar-refractivity contribution in [3.8, 4) is 16.9 Å². The molecule has 1 aliphatic heterocycles. The highest BCUT2D eigenvalue weighted by molar-refractivity contribution is 7.99. The number of rotatable bonds is 2. The van der Waals surface area contributed by atoms with Crippen molar-refractivity contribution in [2.24, 2.45) is 0 Å². The van der Waals surface area contributed by atoms with Crippen LogP contribution >= 0.6 is 11.8 Å². The fraction of sp³-hybridized carbons (Fsp3) is 0.167. The molecule has 0 unspecified atom stereocenters. The van der Waals surface area contributed by atoms with E-state index in [1.165, 1.54) is 34.8 Å². The molecule has 2 heterocycles. The molecule has 110 valence electrons. The summed E-state index contributed by atoms with van der Waals surface area (Å²) in [6.45, 7) is 1.04. The van der Waals surface area contributed by atoms with Gasteiger partial charge in [-0.2, -0.15) is 4.57 Å². The molecule has 22 heavy (non-hydrogen) atoms. The normalized spacial score (nSPS) is 13.9. The summed E-state index contributed by atoms with van der Waals surface area (Å²) >= 11 is 1.90. The fourth-order valence-electron chi connectivity index (χ4n) is 2.86. The van der Waals surface area contributed by atoms with E-state index in [0.29, 0.717) is 0 Å². The molecular formula is C18H16FN2S+. The van der Waals surface area contributed by atoms with Crippen molar-refractivity contribution in [2.45, 2.75) is 18.0 Å². The first-order valence-corrected chi connectivity index (χ1v) is 8.40. The van der Waals surface area contributed by atoms with E-state index in [-0.39, 0.29) is 5.82 Å². The summed E-state index contributed by atoms with van der Waals surface area (Å²) < 4.78 is 17.7. The second kappa shape index (κ2) is 5.61. The number of imidazole rings is 1. The van der Waals surface area contributed by atoms with Crippen molar-refractivity contribution in [3.05, 3.63) is 66.7 Å². The van der Waals surface area contributed by atoms with E-state index in [2.05, 4.69) is 39.7 Å². The lowest BCUT2D eigenvalue weighted by atomic mass is 10.1. The Morgan fingerprint density at radius 2 is 1.77 bits per heavy atom. The first kappa shape index (κ1) is 13.6. The van der Waals surface area contributed by atoms with Crippen LogP contribution in [-0.2, 0) is 6.54 Å². The highest BCUT2D eigenvalue weighted by Gasteiger charge is 2.28. The maximum absolute atomic E-state index is 13.2. The van der Waals surface area contributed by atoms with Crippen LogP contribution in [-0.4, -0.2) is 10.3 Å². The van der Waals surface area contributed by atoms with Crippen LogP contribution in [0.4, 0.5) is 4.39 Å². The van der Waals surface area contributed by atoms with E-state index in [4.69, 9.17) is 0 Å². The van der Waals surface area contributed by atoms with Gasteiger partial charge in [0.05, 0.1) is 6.54 Å². The number of hydrogen-bond donors (Lipinski definition) is 0. The molecule has 0 atom stereocenters. The van der Waals surface area contributed by atoms with Gasteiger partial charge in [0.15, 0.2) is 5.69 Å². The number of aryl methyl sites for hydroxylation is 1. The zero-order valence-corrected chi connectivity index (χ0v) is 12.9. The van der Waals surface area contributed by atoms with Gasteiger partial charge < -0.3 is 0 Å². The third kappa shape index (κ3) is 2.33. The van der Waals surface area contributed by atoms with Gasteiger partial charge in [0, 0.05) is 11.3 Å². The minimum Gasteiger partial charge on any atom is -0.224 e. The molecule has 0 spiro atoms. The minimum absolute atomic E-state index is 0.205. The smallest absolute Gasteiger partial charge is 0.224 e. The van der Waals surface area contributed by atoms with E-state index in [1.54, 1.807) is 0 Å². The molecule has 0 saturated heterocycles. The fourth-order valence-corrected chi connectivity index (χ4v) is 3.98. The van der Waals surface area contributed by atoms with E-state index in [0.717, 1.165) is 18.0 Å². The lowest BCUT2D eigenvalue weighted by Gasteiger charge is -2.08. The molecule has 2 nitrogen and oxygen atoms in total. The van der Waals surface area contributed by atoms with Crippen molar-refractivity contribution >= 4 is 11.8 Å². The highest BCUT2D eigenvalue weighted by Crippen LogP contribution is 2.33. The average molecular weight is 311 g/mol. The average Bonchev–Trinajstić information content (AvgIpc) is 2.96. The zero-order valence-electron chi connectivity index (χ0n) is 12.1. The van der Waals surface area contributed by atoms with Gasteiger partial charge in [-0.15, -0.1) is 0 Å². The topological polar surface area (TPSA) is 8.81 Å². The standard InChI is InChI=1S/C18H16FN2S/c19-15-7-9-16(10-8-15)21-13-20-11-4-12-22-18(20)17(21)14-5-2-1-3-6-14/h1-3,5-10,13H,4,11-12H2/q+1. The molecule has 1 aliphatic rings. The van der Waals surface area contributed by atoms with Crippen LogP contribution in [0.1, 0.15) is 6.42 Å². The monoisotopic (exact) mass is 311 g/mol. The molecule has 0 fully saturated rings. The van der Waals surface area contributed by atoms with Gasteiger partial charge in [-0.25, -0.2) is 8.96 Å². The van der Waals surface area contributed by atoms with Crippen molar-refractivity contribution in [1.29, 1.82) is 0 Å². The predicted molar refractivity (Wildman–Crippen MR) is 86.7 cm³/mol. The zero-order chi connectivity index (χ0) is 14.9. The van der Waals surface area contributed by atoms with Crippen LogP contribution < -0.4 is 4.57 Å². The number of aromatic nitrogens is 2. The lowest BCUT2D eigenvalue weighted by Crippen LogP contribution is -2.36. The molecule has 1 aromatic heterocycles. The van der Waals surface area contributed by atoms with Crippen molar-refractivity contribution in [1.82, 2.24) is 4.57 Å². The van der Waals surface area contributed by atoms with Crippen LogP contribution in [0, 0.1) is 5.82 Å². The Bertz CT molecular complexity index is 794. The summed E-state index contributed by atoms with van der Waals surface area (Å²) in [6, 6.07) is 17.1. The van der Waals surface area contributed by atoms with Gasteiger partial charge in [0.1, 0.15) is 11.5 Å². The number of benzene rings is 2. The second-order valence-corrected chi connectivity index (χ2v) is 6.46. The van der Waals surface area contributed by atoms with E-state index in [1.807, 2.05) is 30.0 Å². The molecule has 4 heteroatoms. The number of fused-ring (bicyclic) bond motifs is 1. The van der Waals surface area contributed by atoms with Gasteiger partial charge in [-0.3, -0.25) is 0 Å². The summed E-state index contributed by atoms with van der Waals surface area (Å²) in [5, 5.41) is 1.29. The molecular weight excluding hydrogens is 295 g/mol. The summed E-state index contributed by atoms with van der Waals surface area (Å²) in [5.74, 6) is 0.941. The van der Waals surface area contributed by atoms with E-state index < -0.39 is 0 Å². The molecule has 4 rings (SSSR count). The maximum atomic E-state index is 13.2. The molecule has 0 amide bonds. The molecule has 0 radical (unpaired) electrons. The molecule has 3 aromatic rings.